The summed E-state index contributed by atoms with van der Waals surface area (Å²) in [6, 6.07) is 5.37. The van der Waals surface area contributed by atoms with Gasteiger partial charge in [-0.25, -0.2) is 0 Å². The van der Waals surface area contributed by atoms with Crippen LogP contribution in [0.1, 0.15) is 19.4 Å². The standard InChI is InChI=1S/C13H16ClN3O2/c1-13(2)12(19)16-10(18)7-17(13)11-8(6-15)4-3-5-9(11)14/h3-5H,6-7,15H2,1-2H3,(H,16,18,19). The number of rotatable bonds is 2. The highest BCUT2D eigenvalue weighted by Crippen LogP contribution is 2.35. The lowest BCUT2D eigenvalue weighted by atomic mass is 9.96. The quantitative estimate of drug-likeness (QED) is 0.794. The fourth-order valence-corrected chi connectivity index (χ4v) is 2.46. The summed E-state index contributed by atoms with van der Waals surface area (Å²) in [5, 5.41) is 2.82. The molecule has 1 aromatic carbocycles. The lowest BCUT2D eigenvalue weighted by molar-refractivity contribution is -0.135. The number of nitrogens with one attached hydrogen (secondary N) is 1. The Balaban J connectivity index is 2.56. The third-order valence-corrected chi connectivity index (χ3v) is 3.65. The third-order valence-electron chi connectivity index (χ3n) is 3.35. The molecule has 1 heterocycles. The minimum atomic E-state index is -0.858. The van der Waals surface area contributed by atoms with E-state index in [1.54, 1.807) is 30.9 Å². The summed E-state index contributed by atoms with van der Waals surface area (Å²) in [5.41, 5.74) is 6.32. The largest absolute Gasteiger partial charge is 0.347 e. The summed E-state index contributed by atoms with van der Waals surface area (Å²) in [6.45, 7) is 3.87. The van der Waals surface area contributed by atoms with Crippen LogP contribution in [0.3, 0.4) is 0 Å². The molecule has 19 heavy (non-hydrogen) atoms. The van der Waals surface area contributed by atoms with Crippen molar-refractivity contribution in [2.45, 2.75) is 25.9 Å². The van der Waals surface area contributed by atoms with Crippen LogP contribution in [0.15, 0.2) is 18.2 Å². The molecule has 0 aromatic heterocycles. The fraction of sp³-hybridized carbons (Fsp3) is 0.385. The zero-order valence-corrected chi connectivity index (χ0v) is 11.6. The molecule has 0 spiro atoms. The van der Waals surface area contributed by atoms with Crippen molar-refractivity contribution >= 4 is 29.1 Å². The lowest BCUT2D eigenvalue weighted by Crippen LogP contribution is -2.64. The van der Waals surface area contributed by atoms with E-state index in [0.29, 0.717) is 10.7 Å². The molecular weight excluding hydrogens is 266 g/mol. The van der Waals surface area contributed by atoms with Gasteiger partial charge in [-0.15, -0.1) is 0 Å². The Morgan fingerprint density at radius 2 is 2.11 bits per heavy atom. The van der Waals surface area contributed by atoms with E-state index in [4.69, 9.17) is 17.3 Å². The van der Waals surface area contributed by atoms with Crippen molar-refractivity contribution in [2.24, 2.45) is 5.73 Å². The van der Waals surface area contributed by atoms with Crippen LogP contribution in [0.25, 0.3) is 0 Å². The first-order chi connectivity index (χ1) is 8.87. The van der Waals surface area contributed by atoms with Crippen molar-refractivity contribution < 1.29 is 9.59 Å². The van der Waals surface area contributed by atoms with Gasteiger partial charge in [0.1, 0.15) is 5.54 Å². The SMILES string of the molecule is CC1(C)C(=O)NC(=O)CN1c1c(Cl)cccc1CN. The molecule has 3 N–H and O–H groups in total. The zero-order valence-electron chi connectivity index (χ0n) is 10.9. The van der Waals surface area contributed by atoms with Gasteiger partial charge in [-0.2, -0.15) is 0 Å². The first kappa shape index (κ1) is 13.8. The van der Waals surface area contributed by atoms with E-state index in [2.05, 4.69) is 5.32 Å². The molecule has 1 aliphatic rings. The highest BCUT2D eigenvalue weighted by molar-refractivity contribution is 6.33. The van der Waals surface area contributed by atoms with Crippen molar-refractivity contribution in [2.75, 3.05) is 11.4 Å². The zero-order chi connectivity index (χ0) is 14.2. The van der Waals surface area contributed by atoms with E-state index >= 15 is 0 Å². The molecule has 0 aliphatic carbocycles. The van der Waals surface area contributed by atoms with E-state index in [1.807, 2.05) is 6.07 Å². The van der Waals surface area contributed by atoms with Gasteiger partial charge in [0.15, 0.2) is 0 Å². The van der Waals surface area contributed by atoms with Gasteiger partial charge in [-0.3, -0.25) is 14.9 Å². The number of hydrogen-bond donors (Lipinski definition) is 2. The fourth-order valence-electron chi connectivity index (χ4n) is 2.17. The van der Waals surface area contributed by atoms with Crippen LogP contribution < -0.4 is 16.0 Å². The number of imide groups is 1. The number of halogens is 1. The molecule has 2 rings (SSSR count). The van der Waals surface area contributed by atoms with Crippen molar-refractivity contribution in [1.82, 2.24) is 5.32 Å². The molecule has 0 bridgehead atoms. The highest BCUT2D eigenvalue weighted by atomic mass is 35.5. The van der Waals surface area contributed by atoms with Gasteiger partial charge >= 0.3 is 0 Å². The van der Waals surface area contributed by atoms with Crippen LogP contribution in [0.2, 0.25) is 5.02 Å². The maximum absolute atomic E-state index is 12.0. The maximum Gasteiger partial charge on any atom is 0.251 e. The molecule has 6 heteroatoms. The average molecular weight is 282 g/mol. The molecule has 0 radical (unpaired) electrons. The van der Waals surface area contributed by atoms with Crippen LogP contribution in [0.4, 0.5) is 5.69 Å². The van der Waals surface area contributed by atoms with Gasteiger partial charge in [0, 0.05) is 6.54 Å². The Bertz CT molecular complexity index is 543. The predicted molar refractivity (Wildman–Crippen MR) is 73.9 cm³/mol. The Morgan fingerprint density at radius 1 is 1.42 bits per heavy atom. The summed E-state index contributed by atoms with van der Waals surface area (Å²) in [5.74, 6) is -0.682. The van der Waals surface area contributed by atoms with E-state index < -0.39 is 5.54 Å². The van der Waals surface area contributed by atoms with E-state index in [1.165, 1.54) is 0 Å². The first-order valence-electron chi connectivity index (χ1n) is 5.97. The molecular formula is C13H16ClN3O2. The third kappa shape index (κ3) is 2.31. The first-order valence-corrected chi connectivity index (χ1v) is 6.35. The molecule has 5 nitrogen and oxygen atoms in total. The molecule has 0 unspecified atom stereocenters. The van der Waals surface area contributed by atoms with Crippen LogP contribution in [-0.4, -0.2) is 23.9 Å². The second-order valence-corrected chi connectivity index (χ2v) is 5.38. The van der Waals surface area contributed by atoms with Gasteiger partial charge < -0.3 is 10.6 Å². The number of carbonyl (C=O) groups excluding carboxylic acids is 2. The number of nitrogens with two attached hydrogens (primary N) is 1. The van der Waals surface area contributed by atoms with Crippen molar-refractivity contribution in [3.8, 4) is 0 Å². The average Bonchev–Trinajstić information content (AvgIpc) is 2.34. The normalized spacial score (nSPS) is 18.4. The van der Waals surface area contributed by atoms with E-state index in [0.717, 1.165) is 5.56 Å². The van der Waals surface area contributed by atoms with Crippen LogP contribution in [0.5, 0.6) is 0 Å². The molecule has 1 aromatic rings. The summed E-state index contributed by atoms with van der Waals surface area (Å²) in [4.78, 5) is 25.3. The Kier molecular flexibility index (Phi) is 3.52. The number of hydrogen-bond acceptors (Lipinski definition) is 4. The Hall–Kier alpha value is -1.59. The minimum Gasteiger partial charge on any atom is -0.347 e. The number of piperazine rings is 1. The number of nitrogens with zero attached hydrogens (tertiary/aromatic N) is 1. The van der Waals surface area contributed by atoms with E-state index in [9.17, 15) is 9.59 Å². The second-order valence-electron chi connectivity index (χ2n) is 4.97. The van der Waals surface area contributed by atoms with Gasteiger partial charge in [0.25, 0.3) is 5.91 Å². The maximum atomic E-state index is 12.0. The summed E-state index contributed by atoms with van der Waals surface area (Å²) in [6.07, 6.45) is 0. The number of carbonyl (C=O) groups is 2. The molecule has 102 valence electrons. The van der Waals surface area contributed by atoms with Crippen molar-refractivity contribution in [3.63, 3.8) is 0 Å². The topological polar surface area (TPSA) is 75.4 Å². The number of para-hydroxylation sites is 1. The molecule has 0 saturated carbocycles. The predicted octanol–water partition coefficient (Wildman–Crippen LogP) is 1.04. The summed E-state index contributed by atoms with van der Waals surface area (Å²) >= 11 is 6.22. The molecule has 0 atom stereocenters. The number of amides is 2. The van der Waals surface area contributed by atoms with Gasteiger partial charge in [0.2, 0.25) is 5.91 Å². The van der Waals surface area contributed by atoms with Crippen molar-refractivity contribution in [1.29, 1.82) is 0 Å². The van der Waals surface area contributed by atoms with Crippen LogP contribution >= 0.6 is 11.6 Å². The Morgan fingerprint density at radius 3 is 2.74 bits per heavy atom. The van der Waals surface area contributed by atoms with E-state index in [-0.39, 0.29) is 24.9 Å². The second kappa shape index (κ2) is 4.83. The highest BCUT2D eigenvalue weighted by Gasteiger charge is 2.42. The van der Waals surface area contributed by atoms with Gasteiger partial charge in [0.05, 0.1) is 17.3 Å². The molecule has 1 fully saturated rings. The summed E-state index contributed by atoms with van der Waals surface area (Å²) in [7, 11) is 0. The number of anilines is 1. The van der Waals surface area contributed by atoms with Gasteiger partial charge in [-0.05, 0) is 25.5 Å². The van der Waals surface area contributed by atoms with Gasteiger partial charge in [-0.1, -0.05) is 23.7 Å². The number of benzene rings is 1. The van der Waals surface area contributed by atoms with Crippen LogP contribution in [0, 0.1) is 0 Å². The molecule has 2 amide bonds. The molecule has 1 saturated heterocycles. The smallest absolute Gasteiger partial charge is 0.251 e. The Labute approximate surface area is 116 Å². The minimum absolute atomic E-state index is 0.0788. The van der Waals surface area contributed by atoms with Crippen LogP contribution in [-0.2, 0) is 16.1 Å². The summed E-state index contributed by atoms with van der Waals surface area (Å²) < 4.78 is 0. The molecule has 1 aliphatic heterocycles. The lowest BCUT2D eigenvalue weighted by Gasteiger charge is -2.43. The van der Waals surface area contributed by atoms with Crippen molar-refractivity contribution in [3.05, 3.63) is 28.8 Å². The monoisotopic (exact) mass is 281 g/mol.